The first-order valence-electron chi connectivity index (χ1n) is 21.2. The number of amides is 6. The fraction of sp³-hybridized carbons (Fsp3) is 0.477. The maximum atomic E-state index is 14.1. The van der Waals surface area contributed by atoms with E-state index >= 15 is 0 Å². The van der Waals surface area contributed by atoms with E-state index in [1.807, 2.05) is 24.3 Å². The molecule has 0 saturated carbocycles. The number of rotatable bonds is 26. The van der Waals surface area contributed by atoms with Gasteiger partial charge in [0.1, 0.15) is 36.3 Å². The van der Waals surface area contributed by atoms with Crippen LogP contribution in [0.3, 0.4) is 0 Å². The number of aromatic amines is 1. The van der Waals surface area contributed by atoms with Crippen molar-refractivity contribution in [3.63, 3.8) is 0 Å². The van der Waals surface area contributed by atoms with Gasteiger partial charge in [-0.15, -0.1) is 0 Å². The molecule has 8 atom stereocenters. The molecule has 6 amide bonds. The molecule has 0 saturated heterocycles. The summed E-state index contributed by atoms with van der Waals surface area (Å²) in [5, 5.41) is 46.1. The molecule has 348 valence electrons. The summed E-state index contributed by atoms with van der Waals surface area (Å²) < 4.78 is 0. The lowest BCUT2D eigenvalue weighted by Gasteiger charge is -2.30. The van der Waals surface area contributed by atoms with Crippen LogP contribution in [-0.4, -0.2) is 111 Å². The quantitative estimate of drug-likeness (QED) is 0.0303. The van der Waals surface area contributed by atoms with E-state index in [1.54, 1.807) is 64.2 Å². The molecule has 0 aliphatic heterocycles. The van der Waals surface area contributed by atoms with Crippen molar-refractivity contribution in [3.8, 4) is 0 Å². The number of aromatic nitrogens is 1. The largest absolute Gasteiger partial charge is 0.481 e. The third-order valence-corrected chi connectivity index (χ3v) is 10.9. The second-order valence-electron chi connectivity index (χ2n) is 15.9. The molecule has 0 radical (unpaired) electrons. The Kier molecular flexibility index (Phi) is 20.2. The number of nitrogens with two attached hydrogens (primary N) is 1. The highest BCUT2D eigenvalue weighted by Gasteiger charge is 2.37. The van der Waals surface area contributed by atoms with Crippen LogP contribution in [0.2, 0.25) is 0 Å². The lowest BCUT2D eigenvalue weighted by Crippen LogP contribution is -2.61. The number of hydrogen-bond donors (Lipinski definition) is 12. The van der Waals surface area contributed by atoms with E-state index in [4.69, 9.17) is 11.1 Å². The molecule has 20 heteroatoms. The minimum Gasteiger partial charge on any atom is -0.481 e. The smallest absolute Gasteiger partial charge is 0.326 e. The number of carbonyl (C=O) groups is 8. The zero-order chi connectivity index (χ0) is 47.5. The van der Waals surface area contributed by atoms with E-state index in [0.29, 0.717) is 24.0 Å². The molecule has 20 nitrogen and oxygen atoms in total. The Hall–Kier alpha value is -6.99. The highest BCUT2D eigenvalue weighted by molar-refractivity contribution is 5.98. The van der Waals surface area contributed by atoms with Gasteiger partial charge in [-0.1, -0.05) is 89.1 Å². The average Bonchev–Trinajstić information content (AvgIpc) is 3.66. The Morgan fingerprint density at radius 2 is 1.20 bits per heavy atom. The Bertz CT molecular complexity index is 2110. The number of para-hydroxylation sites is 1. The fourth-order valence-electron chi connectivity index (χ4n) is 6.91. The van der Waals surface area contributed by atoms with Crippen LogP contribution >= 0.6 is 0 Å². The molecule has 3 aromatic rings. The van der Waals surface area contributed by atoms with Gasteiger partial charge >= 0.3 is 11.9 Å². The van der Waals surface area contributed by atoms with Gasteiger partial charge in [0.05, 0.1) is 6.42 Å². The van der Waals surface area contributed by atoms with Crippen molar-refractivity contribution in [2.24, 2.45) is 17.6 Å². The SMILES string of the molecule is CC[C@H](C)[C@H](NC(=O)[C@H](CC(=O)O)NC(=O)[C@H](CCCNC(=N)N)NC(=O)[C@@H](Cc1ccccc1)NC(C)=O)C(=O)N[C@H](C(=O)N[C@@H](Cc1c[nH]c2ccccc12)C(=O)O)[C@@H](C)CC. The monoisotopic (exact) mass is 890 g/mol. The molecule has 0 aliphatic carbocycles. The van der Waals surface area contributed by atoms with Crippen molar-refractivity contribution >= 4 is 64.2 Å². The fourth-order valence-corrected chi connectivity index (χ4v) is 6.91. The van der Waals surface area contributed by atoms with Gasteiger partial charge in [0.25, 0.3) is 0 Å². The third kappa shape index (κ3) is 16.0. The summed E-state index contributed by atoms with van der Waals surface area (Å²) in [7, 11) is 0. The van der Waals surface area contributed by atoms with Gasteiger partial charge in [-0.25, -0.2) is 4.79 Å². The number of H-pyrrole nitrogens is 1. The van der Waals surface area contributed by atoms with Crippen LogP contribution in [0.15, 0.2) is 60.8 Å². The number of nitrogens with one attached hydrogen (secondary N) is 9. The first-order valence-corrected chi connectivity index (χ1v) is 21.2. The number of carboxylic acids is 2. The summed E-state index contributed by atoms with van der Waals surface area (Å²) in [5.41, 5.74) is 7.55. The van der Waals surface area contributed by atoms with Gasteiger partial charge in [-0.3, -0.25) is 39.0 Å². The first kappa shape index (κ1) is 51.4. The van der Waals surface area contributed by atoms with Crippen LogP contribution in [0.4, 0.5) is 0 Å². The molecule has 64 heavy (non-hydrogen) atoms. The van der Waals surface area contributed by atoms with Gasteiger partial charge in [0, 0.05) is 43.4 Å². The van der Waals surface area contributed by atoms with E-state index in [0.717, 1.165) is 10.9 Å². The zero-order valence-corrected chi connectivity index (χ0v) is 36.8. The predicted molar refractivity (Wildman–Crippen MR) is 237 cm³/mol. The Morgan fingerprint density at radius 3 is 1.78 bits per heavy atom. The Morgan fingerprint density at radius 1 is 0.672 bits per heavy atom. The van der Waals surface area contributed by atoms with Crippen molar-refractivity contribution in [1.82, 2.24) is 42.2 Å². The number of benzene rings is 2. The van der Waals surface area contributed by atoms with Crippen LogP contribution in [0.1, 0.15) is 77.8 Å². The van der Waals surface area contributed by atoms with E-state index < -0.39 is 102 Å². The van der Waals surface area contributed by atoms with Gasteiger partial charge in [-0.05, 0) is 41.9 Å². The molecule has 0 spiro atoms. The summed E-state index contributed by atoms with van der Waals surface area (Å²) >= 11 is 0. The second kappa shape index (κ2) is 25.2. The van der Waals surface area contributed by atoms with Crippen molar-refractivity contribution < 1.29 is 48.6 Å². The van der Waals surface area contributed by atoms with Gasteiger partial charge < -0.3 is 58.1 Å². The first-order chi connectivity index (χ1) is 30.3. The van der Waals surface area contributed by atoms with Crippen LogP contribution in [0, 0.1) is 17.2 Å². The van der Waals surface area contributed by atoms with E-state index in [2.05, 4.69) is 42.2 Å². The average molecular weight is 891 g/mol. The molecule has 0 unspecified atom stereocenters. The number of fused-ring (bicyclic) bond motifs is 1. The summed E-state index contributed by atoms with van der Waals surface area (Å²) in [6, 6.07) is 7.89. The lowest BCUT2D eigenvalue weighted by molar-refractivity contribution is -0.142. The molecule has 0 bridgehead atoms. The summed E-state index contributed by atoms with van der Waals surface area (Å²) in [5.74, 6) is -9.01. The van der Waals surface area contributed by atoms with E-state index in [9.17, 15) is 48.6 Å². The predicted octanol–water partition coefficient (Wildman–Crippen LogP) is 0.797. The van der Waals surface area contributed by atoms with E-state index in [-0.39, 0.29) is 38.2 Å². The van der Waals surface area contributed by atoms with Crippen molar-refractivity contribution in [1.29, 1.82) is 5.41 Å². The maximum Gasteiger partial charge on any atom is 0.326 e. The van der Waals surface area contributed by atoms with Crippen LogP contribution in [-0.2, 0) is 51.2 Å². The van der Waals surface area contributed by atoms with Gasteiger partial charge in [0.15, 0.2) is 5.96 Å². The molecular formula is C44H62N10O10. The lowest BCUT2D eigenvalue weighted by atomic mass is 9.94. The number of guanidine groups is 1. The molecular weight excluding hydrogens is 829 g/mol. The number of aliphatic carboxylic acids is 2. The van der Waals surface area contributed by atoms with Crippen molar-refractivity contribution in [3.05, 3.63) is 71.9 Å². The molecule has 0 aliphatic rings. The molecule has 1 aromatic heterocycles. The molecule has 0 fully saturated rings. The zero-order valence-electron chi connectivity index (χ0n) is 36.8. The van der Waals surface area contributed by atoms with Crippen LogP contribution < -0.4 is 43.0 Å². The number of carbonyl (C=O) groups excluding carboxylic acids is 6. The second-order valence-corrected chi connectivity index (χ2v) is 15.9. The summed E-state index contributed by atoms with van der Waals surface area (Å²) in [6.07, 6.45) is 1.59. The normalized spacial score (nSPS) is 14.8. The standard InChI is InChI=1S/C44H62N10O10/c1-6-24(3)36(41(61)52-34(43(63)64)21-28-23-48-30-17-12-11-16-29(28)30)54-42(62)37(25(4)7-2)53-40(60)33(22-35(56)57)51-38(58)31(18-13-19-47-44(45)46)50-39(59)32(49-26(5)55)20-27-14-9-8-10-15-27/h8-12,14-17,23-25,31-34,36-37,48H,6-7,13,18-22H2,1-5H3,(H,49,55)(H,50,59)(H,51,58)(H,52,61)(H,53,60)(H,54,62)(H,56,57)(H,63,64)(H4,45,46,47)/t24-,25-,31-,32+,33-,34-,36-,37-/m0/s1. The number of carboxylic acid groups (broad SMARTS) is 2. The van der Waals surface area contributed by atoms with Gasteiger partial charge in [-0.2, -0.15) is 0 Å². The van der Waals surface area contributed by atoms with Crippen molar-refractivity contribution in [2.45, 2.75) is 116 Å². The van der Waals surface area contributed by atoms with Crippen LogP contribution in [0.5, 0.6) is 0 Å². The number of hydrogen-bond acceptors (Lipinski definition) is 9. The highest BCUT2D eigenvalue weighted by Crippen LogP contribution is 2.20. The topological polar surface area (TPSA) is 327 Å². The molecule has 13 N–H and O–H groups in total. The van der Waals surface area contributed by atoms with Crippen molar-refractivity contribution in [2.75, 3.05) is 6.54 Å². The Labute approximate surface area is 371 Å². The molecule has 2 aromatic carbocycles. The molecule has 1 heterocycles. The highest BCUT2D eigenvalue weighted by atomic mass is 16.4. The minimum atomic E-state index is -1.76. The third-order valence-electron chi connectivity index (χ3n) is 10.9. The summed E-state index contributed by atoms with van der Waals surface area (Å²) in [6.45, 7) is 8.22. The molecule has 3 rings (SSSR count). The minimum absolute atomic E-state index is 0.0576. The van der Waals surface area contributed by atoms with Gasteiger partial charge in [0.2, 0.25) is 35.4 Å². The Balaban J connectivity index is 1.84. The maximum absolute atomic E-state index is 14.1. The van der Waals surface area contributed by atoms with Crippen LogP contribution in [0.25, 0.3) is 10.9 Å². The summed E-state index contributed by atoms with van der Waals surface area (Å²) in [4.78, 5) is 109. The van der Waals surface area contributed by atoms with E-state index in [1.165, 1.54) is 6.92 Å².